The van der Waals surface area contributed by atoms with Crippen LogP contribution in [0.3, 0.4) is 0 Å². The van der Waals surface area contributed by atoms with Gasteiger partial charge in [-0.15, -0.1) is 0 Å². The number of fused-ring (bicyclic) bond motifs is 1. The molecule has 1 unspecified atom stereocenters. The molecule has 18 heavy (non-hydrogen) atoms. The minimum absolute atomic E-state index is 0.355. The number of nitrogen functional groups attached to an aromatic ring is 1. The molecule has 3 N–H and O–H groups in total. The van der Waals surface area contributed by atoms with Crippen LogP contribution in [0.4, 0.5) is 5.69 Å². The lowest BCUT2D eigenvalue weighted by molar-refractivity contribution is 0.187. The van der Waals surface area contributed by atoms with Gasteiger partial charge in [0.15, 0.2) is 0 Å². The summed E-state index contributed by atoms with van der Waals surface area (Å²) in [5, 5.41) is 0. The second-order valence-corrected chi connectivity index (χ2v) is 4.83. The normalized spacial score (nSPS) is 16.7. The number of hydrogen-bond donors (Lipinski definition) is 2. The van der Waals surface area contributed by atoms with E-state index in [2.05, 4.69) is 33.9 Å². The van der Waals surface area contributed by atoms with Crippen LogP contribution in [-0.2, 0) is 13.1 Å². The zero-order chi connectivity index (χ0) is 12.5. The van der Waals surface area contributed by atoms with Crippen molar-refractivity contribution < 1.29 is 0 Å². The maximum atomic E-state index is 5.84. The molecule has 0 spiro atoms. The van der Waals surface area contributed by atoms with E-state index in [0.29, 0.717) is 6.04 Å². The number of aromatic amines is 1. The SMILES string of the molecule is CCC(c1ncc[nH]1)N1Cc2ccc(N)cc2C1. The Kier molecular flexibility index (Phi) is 2.80. The number of nitrogens with zero attached hydrogens (tertiary/aromatic N) is 2. The summed E-state index contributed by atoms with van der Waals surface area (Å²) in [6.45, 7) is 4.14. The van der Waals surface area contributed by atoms with Crippen LogP contribution in [0.5, 0.6) is 0 Å². The monoisotopic (exact) mass is 242 g/mol. The van der Waals surface area contributed by atoms with Crippen LogP contribution < -0.4 is 5.73 Å². The first-order valence-corrected chi connectivity index (χ1v) is 6.38. The van der Waals surface area contributed by atoms with E-state index >= 15 is 0 Å². The van der Waals surface area contributed by atoms with Crippen LogP contribution >= 0.6 is 0 Å². The third-order valence-corrected chi connectivity index (χ3v) is 3.64. The molecule has 4 nitrogen and oxygen atoms in total. The van der Waals surface area contributed by atoms with E-state index in [4.69, 9.17) is 5.73 Å². The summed E-state index contributed by atoms with van der Waals surface area (Å²) in [5.74, 6) is 1.05. The molecule has 1 aromatic heterocycles. The Balaban J connectivity index is 1.84. The Morgan fingerprint density at radius 1 is 1.39 bits per heavy atom. The molecule has 1 aliphatic rings. The maximum absolute atomic E-state index is 5.84. The van der Waals surface area contributed by atoms with Crippen LogP contribution in [0.1, 0.15) is 36.3 Å². The first-order chi connectivity index (χ1) is 8.78. The molecule has 0 bridgehead atoms. The van der Waals surface area contributed by atoms with Gasteiger partial charge in [-0.3, -0.25) is 4.90 Å². The first-order valence-electron chi connectivity index (χ1n) is 6.38. The number of imidazole rings is 1. The van der Waals surface area contributed by atoms with Crippen molar-refractivity contribution in [3.8, 4) is 0 Å². The number of rotatable bonds is 3. The van der Waals surface area contributed by atoms with Gasteiger partial charge >= 0.3 is 0 Å². The van der Waals surface area contributed by atoms with Crippen molar-refractivity contribution >= 4 is 5.69 Å². The molecule has 0 aliphatic carbocycles. The Bertz CT molecular complexity index is 533. The average molecular weight is 242 g/mol. The molecule has 1 atom stereocenters. The summed E-state index contributed by atoms with van der Waals surface area (Å²) in [6, 6.07) is 6.56. The lowest BCUT2D eigenvalue weighted by Crippen LogP contribution is -2.23. The highest BCUT2D eigenvalue weighted by molar-refractivity contribution is 5.46. The molecule has 2 heterocycles. The first kappa shape index (κ1) is 11.3. The fourth-order valence-corrected chi connectivity index (χ4v) is 2.75. The van der Waals surface area contributed by atoms with Crippen molar-refractivity contribution in [2.24, 2.45) is 0 Å². The van der Waals surface area contributed by atoms with Crippen molar-refractivity contribution in [3.05, 3.63) is 47.5 Å². The van der Waals surface area contributed by atoms with Gasteiger partial charge in [0.05, 0.1) is 6.04 Å². The van der Waals surface area contributed by atoms with E-state index in [0.717, 1.165) is 31.0 Å². The molecule has 1 aromatic carbocycles. The van der Waals surface area contributed by atoms with Crippen LogP contribution in [0.25, 0.3) is 0 Å². The maximum Gasteiger partial charge on any atom is 0.123 e. The van der Waals surface area contributed by atoms with Gasteiger partial charge in [0.25, 0.3) is 0 Å². The molecule has 94 valence electrons. The van der Waals surface area contributed by atoms with E-state index in [1.54, 1.807) is 0 Å². The summed E-state index contributed by atoms with van der Waals surface area (Å²) in [6.07, 6.45) is 4.76. The summed E-state index contributed by atoms with van der Waals surface area (Å²) in [4.78, 5) is 10.1. The topological polar surface area (TPSA) is 57.9 Å². The molecule has 0 radical (unpaired) electrons. The van der Waals surface area contributed by atoms with Crippen molar-refractivity contribution in [1.82, 2.24) is 14.9 Å². The highest BCUT2D eigenvalue weighted by Crippen LogP contribution is 2.32. The van der Waals surface area contributed by atoms with Crippen molar-refractivity contribution in [2.75, 3.05) is 5.73 Å². The number of nitrogens with one attached hydrogen (secondary N) is 1. The minimum Gasteiger partial charge on any atom is -0.399 e. The van der Waals surface area contributed by atoms with Crippen LogP contribution in [0, 0.1) is 0 Å². The van der Waals surface area contributed by atoms with Crippen LogP contribution in [0.2, 0.25) is 0 Å². The molecule has 0 fully saturated rings. The van der Waals surface area contributed by atoms with Crippen molar-refractivity contribution in [2.45, 2.75) is 32.5 Å². The lowest BCUT2D eigenvalue weighted by Gasteiger charge is -2.24. The number of anilines is 1. The number of nitrogens with two attached hydrogens (primary N) is 1. The molecule has 0 saturated carbocycles. The molecule has 3 rings (SSSR count). The molecule has 2 aromatic rings. The van der Waals surface area contributed by atoms with E-state index in [1.165, 1.54) is 11.1 Å². The molecule has 0 amide bonds. The van der Waals surface area contributed by atoms with E-state index < -0.39 is 0 Å². The van der Waals surface area contributed by atoms with E-state index in [1.807, 2.05) is 18.5 Å². The average Bonchev–Trinajstić information content (AvgIpc) is 2.98. The number of benzene rings is 1. The third-order valence-electron chi connectivity index (χ3n) is 3.64. The van der Waals surface area contributed by atoms with E-state index in [9.17, 15) is 0 Å². The van der Waals surface area contributed by atoms with Gasteiger partial charge < -0.3 is 10.7 Å². The predicted molar refractivity (Wildman–Crippen MR) is 71.7 cm³/mol. The highest BCUT2D eigenvalue weighted by atomic mass is 15.2. The summed E-state index contributed by atoms with van der Waals surface area (Å²) in [7, 11) is 0. The second-order valence-electron chi connectivity index (χ2n) is 4.83. The van der Waals surface area contributed by atoms with Gasteiger partial charge in [-0.1, -0.05) is 13.0 Å². The Hall–Kier alpha value is -1.81. The quantitative estimate of drug-likeness (QED) is 0.813. The van der Waals surface area contributed by atoms with Gasteiger partial charge in [-0.25, -0.2) is 4.98 Å². The lowest BCUT2D eigenvalue weighted by atomic mass is 10.1. The van der Waals surface area contributed by atoms with Crippen molar-refractivity contribution in [1.29, 1.82) is 0 Å². The largest absolute Gasteiger partial charge is 0.399 e. The third kappa shape index (κ3) is 1.88. The Morgan fingerprint density at radius 3 is 2.94 bits per heavy atom. The minimum atomic E-state index is 0.355. The fraction of sp³-hybridized carbons (Fsp3) is 0.357. The Morgan fingerprint density at radius 2 is 2.22 bits per heavy atom. The number of hydrogen-bond acceptors (Lipinski definition) is 3. The van der Waals surface area contributed by atoms with Crippen LogP contribution in [-0.4, -0.2) is 14.9 Å². The fourth-order valence-electron chi connectivity index (χ4n) is 2.75. The van der Waals surface area contributed by atoms with Gasteiger partial charge in [-0.05, 0) is 29.7 Å². The number of aromatic nitrogens is 2. The molecule has 4 heteroatoms. The van der Waals surface area contributed by atoms with Crippen LogP contribution in [0.15, 0.2) is 30.6 Å². The van der Waals surface area contributed by atoms with Gasteiger partial charge in [-0.2, -0.15) is 0 Å². The Labute approximate surface area is 107 Å². The highest BCUT2D eigenvalue weighted by Gasteiger charge is 2.27. The second kappa shape index (κ2) is 4.46. The van der Waals surface area contributed by atoms with Gasteiger partial charge in [0.2, 0.25) is 0 Å². The molecule has 1 aliphatic heterocycles. The molecular weight excluding hydrogens is 224 g/mol. The standard InChI is InChI=1S/C14H18N4/c1-2-13(14-16-5-6-17-14)18-8-10-3-4-12(15)7-11(10)9-18/h3-7,13H,2,8-9,15H2,1H3,(H,16,17). The van der Waals surface area contributed by atoms with E-state index in [-0.39, 0.29) is 0 Å². The predicted octanol–water partition coefficient (Wildman–Crippen LogP) is 2.46. The smallest absolute Gasteiger partial charge is 0.123 e. The molecular formula is C14H18N4. The molecule has 0 saturated heterocycles. The zero-order valence-corrected chi connectivity index (χ0v) is 10.6. The summed E-state index contributed by atoms with van der Waals surface area (Å²) in [5.41, 5.74) is 9.42. The van der Waals surface area contributed by atoms with Crippen molar-refractivity contribution in [3.63, 3.8) is 0 Å². The van der Waals surface area contributed by atoms with Gasteiger partial charge in [0.1, 0.15) is 5.82 Å². The summed E-state index contributed by atoms with van der Waals surface area (Å²) < 4.78 is 0. The summed E-state index contributed by atoms with van der Waals surface area (Å²) >= 11 is 0. The van der Waals surface area contributed by atoms with Gasteiger partial charge in [0, 0.05) is 31.2 Å². The number of H-pyrrole nitrogens is 1. The zero-order valence-electron chi connectivity index (χ0n) is 10.6.